The van der Waals surface area contributed by atoms with Gasteiger partial charge in [-0.05, 0) is 37.8 Å². The third-order valence-electron chi connectivity index (χ3n) is 3.74. The minimum atomic E-state index is -0.744. The number of hydrogen-bond donors (Lipinski definition) is 2. The van der Waals surface area contributed by atoms with Crippen LogP contribution in [0.15, 0.2) is 47.8 Å². The van der Waals surface area contributed by atoms with E-state index in [4.69, 9.17) is 4.74 Å². The Labute approximate surface area is 162 Å². The second kappa shape index (κ2) is 9.87. The van der Waals surface area contributed by atoms with Crippen LogP contribution in [0.25, 0.3) is 0 Å². The molecule has 0 aliphatic carbocycles. The van der Waals surface area contributed by atoms with E-state index in [2.05, 4.69) is 10.6 Å². The Morgan fingerprint density at radius 2 is 1.70 bits per heavy atom. The van der Waals surface area contributed by atoms with Gasteiger partial charge in [-0.25, -0.2) is 0 Å². The molecule has 0 aliphatic rings. The molecule has 2 N–H and O–H groups in total. The number of thiophene rings is 1. The molecule has 2 aromatic rings. The monoisotopic (exact) mass is 388 g/mol. The molecule has 1 aromatic carbocycles. The second-order valence-electron chi connectivity index (χ2n) is 6.39. The maximum absolute atomic E-state index is 12.6. The number of benzene rings is 1. The van der Waals surface area contributed by atoms with Gasteiger partial charge in [0.05, 0.1) is 23.4 Å². The van der Waals surface area contributed by atoms with Crippen LogP contribution in [-0.4, -0.2) is 29.9 Å². The SMILES string of the molecule is CC(C)OC(=O)CC(NC(=O)C(C)NC(=O)c1cccs1)c1ccccc1. The maximum atomic E-state index is 12.6. The van der Waals surface area contributed by atoms with Crippen molar-refractivity contribution < 1.29 is 19.1 Å². The van der Waals surface area contributed by atoms with E-state index in [1.54, 1.807) is 38.3 Å². The summed E-state index contributed by atoms with van der Waals surface area (Å²) < 4.78 is 5.20. The topological polar surface area (TPSA) is 84.5 Å². The van der Waals surface area contributed by atoms with Crippen LogP contribution in [0.2, 0.25) is 0 Å². The van der Waals surface area contributed by atoms with Gasteiger partial charge in [0.1, 0.15) is 6.04 Å². The number of nitrogens with one attached hydrogen (secondary N) is 2. The van der Waals surface area contributed by atoms with Gasteiger partial charge in [-0.2, -0.15) is 0 Å². The van der Waals surface area contributed by atoms with E-state index in [1.807, 2.05) is 30.3 Å². The fourth-order valence-corrected chi connectivity index (χ4v) is 3.08. The fourth-order valence-electron chi connectivity index (χ4n) is 2.45. The summed E-state index contributed by atoms with van der Waals surface area (Å²) in [6.45, 7) is 5.15. The molecule has 7 heteroatoms. The summed E-state index contributed by atoms with van der Waals surface area (Å²) in [7, 11) is 0. The molecular formula is C20H24N2O4S. The Bertz CT molecular complexity index is 760. The molecule has 144 valence electrons. The second-order valence-corrected chi connectivity index (χ2v) is 7.33. The average Bonchev–Trinajstić information content (AvgIpc) is 3.16. The Morgan fingerprint density at radius 1 is 1.00 bits per heavy atom. The van der Waals surface area contributed by atoms with E-state index in [1.165, 1.54) is 11.3 Å². The summed E-state index contributed by atoms with van der Waals surface area (Å²) in [6, 6.07) is 11.4. The van der Waals surface area contributed by atoms with Crippen LogP contribution >= 0.6 is 11.3 Å². The highest BCUT2D eigenvalue weighted by molar-refractivity contribution is 7.12. The van der Waals surface area contributed by atoms with Crippen LogP contribution < -0.4 is 10.6 Å². The highest BCUT2D eigenvalue weighted by atomic mass is 32.1. The van der Waals surface area contributed by atoms with Gasteiger partial charge < -0.3 is 15.4 Å². The normalized spacial score (nSPS) is 12.9. The lowest BCUT2D eigenvalue weighted by Gasteiger charge is -2.22. The summed E-state index contributed by atoms with van der Waals surface area (Å²) in [4.78, 5) is 37.3. The summed E-state index contributed by atoms with van der Waals surface area (Å²) in [5.41, 5.74) is 0.795. The zero-order valence-corrected chi connectivity index (χ0v) is 16.4. The Morgan fingerprint density at radius 3 is 2.30 bits per heavy atom. The number of ether oxygens (including phenoxy) is 1. The summed E-state index contributed by atoms with van der Waals surface area (Å²) >= 11 is 1.30. The van der Waals surface area contributed by atoms with Crippen LogP contribution in [0.1, 0.15) is 48.5 Å². The van der Waals surface area contributed by atoms with Crippen molar-refractivity contribution in [3.05, 3.63) is 58.3 Å². The highest BCUT2D eigenvalue weighted by Gasteiger charge is 2.24. The third kappa shape index (κ3) is 6.53. The molecule has 2 atom stereocenters. The molecule has 2 unspecified atom stereocenters. The van der Waals surface area contributed by atoms with Gasteiger partial charge in [-0.3, -0.25) is 14.4 Å². The van der Waals surface area contributed by atoms with Crippen molar-refractivity contribution in [1.29, 1.82) is 0 Å². The van der Waals surface area contributed by atoms with E-state index in [-0.39, 0.29) is 24.3 Å². The first kappa shape index (κ1) is 20.6. The van der Waals surface area contributed by atoms with Crippen LogP contribution in [-0.2, 0) is 14.3 Å². The van der Waals surface area contributed by atoms with Crippen LogP contribution in [0.3, 0.4) is 0 Å². The molecule has 6 nitrogen and oxygen atoms in total. The van der Waals surface area contributed by atoms with Gasteiger partial charge in [0.25, 0.3) is 5.91 Å². The van der Waals surface area contributed by atoms with Crippen molar-refractivity contribution in [3.63, 3.8) is 0 Å². The molecule has 1 heterocycles. The van der Waals surface area contributed by atoms with Gasteiger partial charge >= 0.3 is 5.97 Å². The minimum absolute atomic E-state index is 0.0134. The zero-order chi connectivity index (χ0) is 19.8. The fraction of sp³-hybridized carbons (Fsp3) is 0.350. The molecule has 0 aliphatic heterocycles. The lowest BCUT2D eigenvalue weighted by atomic mass is 10.0. The Balaban J connectivity index is 2.03. The summed E-state index contributed by atoms with van der Waals surface area (Å²) in [5.74, 6) is -1.07. The average molecular weight is 388 g/mol. The van der Waals surface area contributed by atoms with E-state index < -0.39 is 18.1 Å². The van der Waals surface area contributed by atoms with Crippen molar-refractivity contribution in [1.82, 2.24) is 10.6 Å². The molecular weight excluding hydrogens is 364 g/mol. The molecule has 27 heavy (non-hydrogen) atoms. The molecule has 0 saturated carbocycles. The third-order valence-corrected chi connectivity index (χ3v) is 4.61. The lowest BCUT2D eigenvalue weighted by Crippen LogP contribution is -2.46. The van der Waals surface area contributed by atoms with Gasteiger partial charge in [0.15, 0.2) is 0 Å². The first-order valence-corrected chi connectivity index (χ1v) is 9.64. The van der Waals surface area contributed by atoms with E-state index in [0.29, 0.717) is 4.88 Å². The number of esters is 1. The van der Waals surface area contributed by atoms with Crippen molar-refractivity contribution in [2.75, 3.05) is 0 Å². The number of carbonyl (C=O) groups excluding carboxylic acids is 3. The number of amides is 2. The van der Waals surface area contributed by atoms with E-state index >= 15 is 0 Å². The van der Waals surface area contributed by atoms with Crippen LogP contribution in [0.4, 0.5) is 0 Å². The van der Waals surface area contributed by atoms with Crippen LogP contribution in [0, 0.1) is 0 Å². The molecule has 0 spiro atoms. The highest BCUT2D eigenvalue weighted by Crippen LogP contribution is 2.18. The number of hydrogen-bond acceptors (Lipinski definition) is 5. The van der Waals surface area contributed by atoms with Crippen molar-refractivity contribution in [2.24, 2.45) is 0 Å². The molecule has 0 fully saturated rings. The minimum Gasteiger partial charge on any atom is -0.463 e. The van der Waals surface area contributed by atoms with Crippen molar-refractivity contribution in [3.8, 4) is 0 Å². The quantitative estimate of drug-likeness (QED) is 0.681. The molecule has 0 saturated heterocycles. The maximum Gasteiger partial charge on any atom is 0.308 e. The van der Waals surface area contributed by atoms with Gasteiger partial charge in [0, 0.05) is 0 Å². The Hall–Kier alpha value is -2.67. The molecule has 2 amide bonds. The largest absolute Gasteiger partial charge is 0.463 e. The van der Waals surface area contributed by atoms with Crippen molar-refractivity contribution >= 4 is 29.1 Å². The molecule has 2 rings (SSSR count). The number of rotatable bonds is 8. The zero-order valence-electron chi connectivity index (χ0n) is 15.6. The first-order chi connectivity index (χ1) is 12.9. The summed E-state index contributed by atoms with van der Waals surface area (Å²) in [6.07, 6.45) is -0.215. The lowest BCUT2D eigenvalue weighted by molar-refractivity contribution is -0.148. The van der Waals surface area contributed by atoms with E-state index in [9.17, 15) is 14.4 Å². The van der Waals surface area contributed by atoms with Gasteiger partial charge in [0.2, 0.25) is 5.91 Å². The predicted molar refractivity (Wildman–Crippen MR) is 104 cm³/mol. The first-order valence-electron chi connectivity index (χ1n) is 8.76. The number of carbonyl (C=O) groups is 3. The van der Waals surface area contributed by atoms with Crippen LogP contribution in [0.5, 0.6) is 0 Å². The molecule has 1 aromatic heterocycles. The Kier molecular flexibility index (Phi) is 7.55. The van der Waals surface area contributed by atoms with Gasteiger partial charge in [-0.15, -0.1) is 11.3 Å². The van der Waals surface area contributed by atoms with Crippen molar-refractivity contribution in [2.45, 2.75) is 45.4 Å². The standard InChI is InChI=1S/C20H24N2O4S/c1-13(2)26-18(23)12-16(15-8-5-4-6-9-15)22-19(24)14(3)21-20(25)17-10-7-11-27-17/h4-11,13-14,16H,12H2,1-3H3,(H,21,25)(H,22,24). The van der Waals surface area contributed by atoms with E-state index in [0.717, 1.165) is 5.56 Å². The summed E-state index contributed by atoms with van der Waals surface area (Å²) in [5, 5.41) is 7.30. The smallest absolute Gasteiger partial charge is 0.308 e. The molecule has 0 bridgehead atoms. The molecule has 0 radical (unpaired) electrons. The van der Waals surface area contributed by atoms with Gasteiger partial charge in [-0.1, -0.05) is 36.4 Å². The predicted octanol–water partition coefficient (Wildman–Crippen LogP) is 3.07.